The molecule has 3 rings (SSSR count). The molecule has 1 saturated heterocycles. The molecule has 1 aromatic heterocycles. The van der Waals surface area contributed by atoms with Crippen LogP contribution in [0.25, 0.3) is 0 Å². The molecule has 2 heterocycles. The maximum atomic E-state index is 12.8. The van der Waals surface area contributed by atoms with Crippen molar-refractivity contribution >= 4 is 17.7 Å². The van der Waals surface area contributed by atoms with Gasteiger partial charge in [-0.3, -0.25) is 4.79 Å². The predicted octanol–water partition coefficient (Wildman–Crippen LogP) is 3.45. The summed E-state index contributed by atoms with van der Waals surface area (Å²) in [6.45, 7) is 6.98. The molecule has 0 spiro atoms. The first-order chi connectivity index (χ1) is 12.0. The monoisotopic (exact) mass is 359 g/mol. The van der Waals surface area contributed by atoms with E-state index >= 15 is 0 Å². The smallest absolute Gasteiger partial charge is 0.252 e. The van der Waals surface area contributed by atoms with Gasteiger partial charge in [0.2, 0.25) is 0 Å². The van der Waals surface area contributed by atoms with Crippen molar-refractivity contribution in [3.05, 3.63) is 46.8 Å². The SMILES string of the molecule is Cc1noc(C)c1CSc1ccccc1C(=O)NC1CCNC(C)C1. The second-order valence-corrected chi connectivity index (χ2v) is 7.65. The highest BCUT2D eigenvalue weighted by Crippen LogP contribution is 2.29. The summed E-state index contributed by atoms with van der Waals surface area (Å²) < 4.78 is 5.22. The topological polar surface area (TPSA) is 67.2 Å². The Morgan fingerprint density at radius 2 is 2.20 bits per heavy atom. The Morgan fingerprint density at radius 1 is 1.40 bits per heavy atom. The van der Waals surface area contributed by atoms with E-state index in [0.29, 0.717) is 6.04 Å². The highest BCUT2D eigenvalue weighted by atomic mass is 32.2. The van der Waals surface area contributed by atoms with E-state index in [-0.39, 0.29) is 11.9 Å². The van der Waals surface area contributed by atoms with Gasteiger partial charge in [-0.15, -0.1) is 11.8 Å². The summed E-state index contributed by atoms with van der Waals surface area (Å²) in [6.07, 6.45) is 1.95. The number of benzene rings is 1. The number of piperidine rings is 1. The lowest BCUT2D eigenvalue weighted by Crippen LogP contribution is -2.46. The van der Waals surface area contributed by atoms with Crippen molar-refractivity contribution in [2.45, 2.75) is 56.3 Å². The fourth-order valence-electron chi connectivity index (χ4n) is 3.16. The van der Waals surface area contributed by atoms with Gasteiger partial charge in [0, 0.05) is 28.3 Å². The van der Waals surface area contributed by atoms with Gasteiger partial charge in [-0.2, -0.15) is 0 Å². The van der Waals surface area contributed by atoms with Gasteiger partial charge in [0.05, 0.1) is 11.3 Å². The third-order valence-electron chi connectivity index (χ3n) is 4.64. The van der Waals surface area contributed by atoms with E-state index in [1.165, 1.54) is 0 Å². The molecule has 2 N–H and O–H groups in total. The van der Waals surface area contributed by atoms with E-state index in [0.717, 1.165) is 52.6 Å². The maximum absolute atomic E-state index is 12.8. The number of thioether (sulfide) groups is 1. The Labute approximate surface area is 152 Å². The first-order valence-corrected chi connectivity index (χ1v) is 9.71. The van der Waals surface area contributed by atoms with Crippen LogP contribution in [0.3, 0.4) is 0 Å². The molecule has 1 aliphatic rings. The molecule has 0 aliphatic carbocycles. The molecule has 0 saturated carbocycles. The Morgan fingerprint density at radius 3 is 2.92 bits per heavy atom. The quantitative estimate of drug-likeness (QED) is 0.801. The van der Waals surface area contributed by atoms with E-state index in [2.05, 4.69) is 22.7 Å². The van der Waals surface area contributed by atoms with Crippen molar-refractivity contribution < 1.29 is 9.32 Å². The molecule has 6 heteroatoms. The minimum absolute atomic E-state index is 0.0148. The minimum atomic E-state index is 0.0148. The normalized spacial score (nSPS) is 20.4. The Bertz CT molecular complexity index is 725. The van der Waals surface area contributed by atoms with E-state index < -0.39 is 0 Å². The average molecular weight is 359 g/mol. The average Bonchev–Trinajstić information content (AvgIpc) is 2.91. The second-order valence-electron chi connectivity index (χ2n) is 6.64. The molecular weight excluding hydrogens is 334 g/mol. The molecule has 0 radical (unpaired) electrons. The summed E-state index contributed by atoms with van der Waals surface area (Å²) in [6, 6.07) is 8.48. The number of aryl methyl sites for hydroxylation is 2. The van der Waals surface area contributed by atoms with Crippen LogP contribution in [0.1, 0.15) is 47.1 Å². The van der Waals surface area contributed by atoms with Crippen molar-refractivity contribution in [2.24, 2.45) is 0 Å². The van der Waals surface area contributed by atoms with Gasteiger partial charge in [0.1, 0.15) is 5.76 Å². The van der Waals surface area contributed by atoms with Crippen LogP contribution in [0.5, 0.6) is 0 Å². The van der Waals surface area contributed by atoms with Crippen molar-refractivity contribution in [2.75, 3.05) is 6.54 Å². The van der Waals surface area contributed by atoms with Crippen LogP contribution in [-0.4, -0.2) is 29.7 Å². The fourth-order valence-corrected chi connectivity index (χ4v) is 4.37. The number of hydrogen-bond acceptors (Lipinski definition) is 5. The first kappa shape index (κ1) is 18.0. The van der Waals surface area contributed by atoms with Crippen LogP contribution >= 0.6 is 11.8 Å². The molecule has 1 aliphatic heterocycles. The number of carbonyl (C=O) groups excluding carboxylic acids is 1. The van der Waals surface area contributed by atoms with E-state index in [4.69, 9.17) is 4.52 Å². The highest BCUT2D eigenvalue weighted by Gasteiger charge is 2.22. The van der Waals surface area contributed by atoms with Crippen molar-refractivity contribution in [1.82, 2.24) is 15.8 Å². The summed E-state index contributed by atoms with van der Waals surface area (Å²) in [5.41, 5.74) is 2.76. The van der Waals surface area contributed by atoms with Gasteiger partial charge in [-0.05, 0) is 52.3 Å². The summed E-state index contributed by atoms with van der Waals surface area (Å²) in [5, 5.41) is 10.6. The van der Waals surface area contributed by atoms with Crippen LogP contribution in [0.4, 0.5) is 0 Å². The van der Waals surface area contributed by atoms with Crippen LogP contribution in [0.15, 0.2) is 33.7 Å². The molecule has 1 amide bonds. The van der Waals surface area contributed by atoms with Gasteiger partial charge in [-0.25, -0.2) is 0 Å². The molecule has 25 heavy (non-hydrogen) atoms. The summed E-state index contributed by atoms with van der Waals surface area (Å²) in [4.78, 5) is 13.7. The Kier molecular flexibility index (Phi) is 5.81. The molecule has 2 aromatic rings. The third kappa shape index (κ3) is 4.44. The first-order valence-electron chi connectivity index (χ1n) is 8.72. The van der Waals surface area contributed by atoms with Gasteiger partial charge in [0.25, 0.3) is 5.91 Å². The number of carbonyl (C=O) groups is 1. The van der Waals surface area contributed by atoms with Crippen LogP contribution in [0.2, 0.25) is 0 Å². The number of nitrogens with zero attached hydrogens (tertiary/aromatic N) is 1. The van der Waals surface area contributed by atoms with Crippen LogP contribution in [0, 0.1) is 13.8 Å². The van der Waals surface area contributed by atoms with Gasteiger partial charge in [0.15, 0.2) is 0 Å². The molecule has 1 aromatic carbocycles. The van der Waals surface area contributed by atoms with E-state index in [1.807, 2.05) is 38.1 Å². The molecule has 2 unspecified atom stereocenters. The number of hydrogen-bond donors (Lipinski definition) is 2. The number of rotatable bonds is 5. The van der Waals surface area contributed by atoms with E-state index in [9.17, 15) is 4.79 Å². The lowest BCUT2D eigenvalue weighted by atomic mass is 10.0. The number of nitrogens with one attached hydrogen (secondary N) is 2. The molecule has 2 atom stereocenters. The summed E-state index contributed by atoms with van der Waals surface area (Å²) in [5.74, 6) is 1.60. The zero-order chi connectivity index (χ0) is 17.8. The van der Waals surface area contributed by atoms with Crippen molar-refractivity contribution in [3.63, 3.8) is 0 Å². The third-order valence-corrected chi connectivity index (χ3v) is 5.74. The van der Waals surface area contributed by atoms with Gasteiger partial charge < -0.3 is 15.2 Å². The standard InChI is InChI=1S/C19H25N3O2S/c1-12-10-15(8-9-20-12)21-19(23)16-6-4-5-7-18(16)25-11-17-13(2)22-24-14(17)3/h4-7,12,15,20H,8-11H2,1-3H3,(H,21,23). The van der Waals surface area contributed by atoms with E-state index in [1.54, 1.807) is 11.8 Å². The Balaban J connectivity index is 1.68. The zero-order valence-corrected chi connectivity index (χ0v) is 15.8. The molecule has 1 fully saturated rings. The predicted molar refractivity (Wildman–Crippen MR) is 99.9 cm³/mol. The fraction of sp³-hybridized carbons (Fsp3) is 0.474. The van der Waals surface area contributed by atoms with Gasteiger partial charge >= 0.3 is 0 Å². The largest absolute Gasteiger partial charge is 0.361 e. The molecule has 134 valence electrons. The second kappa shape index (κ2) is 8.06. The van der Waals surface area contributed by atoms with Gasteiger partial charge in [-0.1, -0.05) is 17.3 Å². The summed E-state index contributed by atoms with van der Waals surface area (Å²) >= 11 is 1.65. The lowest BCUT2D eigenvalue weighted by Gasteiger charge is -2.28. The molecule has 0 bridgehead atoms. The number of amides is 1. The Hall–Kier alpha value is -1.79. The highest BCUT2D eigenvalue weighted by molar-refractivity contribution is 7.98. The van der Waals surface area contributed by atoms with Crippen molar-refractivity contribution in [1.29, 1.82) is 0 Å². The van der Waals surface area contributed by atoms with Crippen molar-refractivity contribution in [3.8, 4) is 0 Å². The zero-order valence-electron chi connectivity index (χ0n) is 15.0. The number of aromatic nitrogens is 1. The molecular formula is C19H25N3O2S. The lowest BCUT2D eigenvalue weighted by molar-refractivity contribution is 0.0922. The van der Waals surface area contributed by atoms with Crippen LogP contribution < -0.4 is 10.6 Å². The maximum Gasteiger partial charge on any atom is 0.252 e. The van der Waals surface area contributed by atoms with Crippen LogP contribution in [-0.2, 0) is 5.75 Å². The molecule has 5 nitrogen and oxygen atoms in total. The minimum Gasteiger partial charge on any atom is -0.361 e. The summed E-state index contributed by atoms with van der Waals surface area (Å²) in [7, 11) is 0.